The second-order valence-corrected chi connectivity index (χ2v) is 4.28. The summed E-state index contributed by atoms with van der Waals surface area (Å²) in [6.07, 6.45) is 6.22. The van der Waals surface area contributed by atoms with E-state index in [2.05, 4.69) is 24.0 Å². The first-order valence-corrected chi connectivity index (χ1v) is 6.13. The number of epoxide rings is 1. The van der Waals surface area contributed by atoms with Crippen LogP contribution < -0.4 is 5.32 Å². The van der Waals surface area contributed by atoms with E-state index in [-0.39, 0.29) is 12.1 Å². The fourth-order valence-corrected chi connectivity index (χ4v) is 1.81. The molecule has 1 rings (SSSR count). The van der Waals surface area contributed by atoms with Gasteiger partial charge in [0.25, 0.3) is 0 Å². The van der Waals surface area contributed by atoms with E-state index in [0.717, 1.165) is 12.0 Å². The van der Waals surface area contributed by atoms with Gasteiger partial charge < -0.3 is 15.2 Å². The summed E-state index contributed by atoms with van der Waals surface area (Å²) >= 11 is 0. The smallest absolute Gasteiger partial charge is 0.183 e. The summed E-state index contributed by atoms with van der Waals surface area (Å²) in [5, 5.41) is 12.3. The van der Waals surface area contributed by atoms with Gasteiger partial charge in [0, 0.05) is 0 Å². The van der Waals surface area contributed by atoms with Crippen molar-refractivity contribution in [3.8, 4) is 0 Å². The van der Waals surface area contributed by atoms with Crippen molar-refractivity contribution in [1.29, 1.82) is 0 Å². The molecule has 3 heteroatoms. The number of hydrogen-bond donors (Lipinski definition) is 2. The average Bonchev–Trinajstić information content (AvgIpc) is 2.96. The number of aliphatic hydroxyl groups excluding tert-OH is 1. The van der Waals surface area contributed by atoms with E-state index in [1.807, 2.05) is 14.0 Å². The third-order valence-corrected chi connectivity index (χ3v) is 2.89. The van der Waals surface area contributed by atoms with Gasteiger partial charge in [-0.15, -0.1) is 5.73 Å². The van der Waals surface area contributed by atoms with Crippen LogP contribution in [-0.2, 0) is 4.74 Å². The molecular weight excluding hydrogens is 202 g/mol. The van der Waals surface area contributed by atoms with E-state index in [0.29, 0.717) is 0 Å². The van der Waals surface area contributed by atoms with Gasteiger partial charge in [-0.1, -0.05) is 19.8 Å². The molecule has 0 aromatic carbocycles. The van der Waals surface area contributed by atoms with Crippen LogP contribution in [0.2, 0.25) is 0 Å². The van der Waals surface area contributed by atoms with Crippen LogP contribution in [0.25, 0.3) is 0 Å². The van der Waals surface area contributed by atoms with Crippen molar-refractivity contribution in [2.24, 2.45) is 0 Å². The van der Waals surface area contributed by atoms with Crippen molar-refractivity contribution in [3.05, 3.63) is 17.4 Å². The molecule has 1 saturated heterocycles. The highest BCUT2D eigenvalue weighted by atomic mass is 16.7. The van der Waals surface area contributed by atoms with Crippen LogP contribution in [0.3, 0.4) is 0 Å². The van der Waals surface area contributed by atoms with Gasteiger partial charge >= 0.3 is 0 Å². The summed E-state index contributed by atoms with van der Waals surface area (Å²) in [6.45, 7) is 4.22. The summed E-state index contributed by atoms with van der Waals surface area (Å²) in [4.78, 5) is 0. The van der Waals surface area contributed by atoms with Crippen molar-refractivity contribution in [2.75, 3.05) is 7.05 Å². The molecule has 0 radical (unpaired) electrons. The number of nitrogens with one attached hydrogen (secondary N) is 1. The summed E-state index contributed by atoms with van der Waals surface area (Å²) in [6, 6.07) is 0.0809. The van der Waals surface area contributed by atoms with Gasteiger partial charge in [0.15, 0.2) is 6.29 Å². The van der Waals surface area contributed by atoms with Crippen molar-refractivity contribution in [2.45, 2.75) is 58.0 Å². The lowest BCUT2D eigenvalue weighted by atomic mass is 10.1. The van der Waals surface area contributed by atoms with Gasteiger partial charge in [0.2, 0.25) is 0 Å². The molecule has 2 unspecified atom stereocenters. The van der Waals surface area contributed by atoms with Crippen molar-refractivity contribution in [3.63, 3.8) is 0 Å². The number of aliphatic hydroxyl groups is 1. The monoisotopic (exact) mass is 225 g/mol. The van der Waals surface area contributed by atoms with Crippen LogP contribution in [-0.4, -0.2) is 30.6 Å². The number of ether oxygens (including phenoxy) is 1. The maximum Gasteiger partial charge on any atom is 0.183 e. The summed E-state index contributed by atoms with van der Waals surface area (Å²) in [5.74, 6) is 0. The number of hydrogen-bond acceptors (Lipinski definition) is 3. The molecule has 0 aromatic heterocycles. The molecule has 0 amide bonds. The highest BCUT2D eigenvalue weighted by Crippen LogP contribution is 2.25. The Balaban J connectivity index is 2.40. The summed E-state index contributed by atoms with van der Waals surface area (Å²) in [5.41, 5.74) is 4.37. The average molecular weight is 225 g/mol. The molecule has 1 fully saturated rings. The quantitative estimate of drug-likeness (QED) is 0.395. The lowest BCUT2D eigenvalue weighted by Gasteiger charge is -2.11. The fraction of sp³-hybridized carbons (Fsp3) is 0.769. The highest BCUT2D eigenvalue weighted by molar-refractivity contribution is 5.13. The lowest BCUT2D eigenvalue weighted by Crippen LogP contribution is -2.32. The Morgan fingerprint density at radius 1 is 1.56 bits per heavy atom. The topological polar surface area (TPSA) is 44.8 Å². The van der Waals surface area contributed by atoms with E-state index in [1.165, 1.54) is 19.3 Å². The van der Waals surface area contributed by atoms with E-state index >= 15 is 0 Å². The zero-order valence-electron chi connectivity index (χ0n) is 10.5. The molecule has 0 bridgehead atoms. The van der Waals surface area contributed by atoms with E-state index < -0.39 is 6.29 Å². The van der Waals surface area contributed by atoms with Crippen molar-refractivity contribution in [1.82, 2.24) is 5.32 Å². The Bertz CT molecular complexity index is 269. The lowest BCUT2D eigenvalue weighted by molar-refractivity contribution is 0.156. The first-order valence-electron chi connectivity index (χ1n) is 6.13. The van der Waals surface area contributed by atoms with Gasteiger partial charge in [-0.25, -0.2) is 0 Å². The molecule has 16 heavy (non-hydrogen) atoms. The van der Waals surface area contributed by atoms with Crippen LogP contribution in [0.4, 0.5) is 0 Å². The third-order valence-electron chi connectivity index (χ3n) is 2.89. The molecule has 92 valence electrons. The Morgan fingerprint density at radius 2 is 2.25 bits per heavy atom. The first-order chi connectivity index (χ1) is 7.70. The second-order valence-electron chi connectivity index (χ2n) is 4.28. The SMILES string of the molecule is CCCCCC=C=C(C)[C@@H](NC)C1OC1O. The van der Waals surface area contributed by atoms with E-state index in [1.54, 1.807) is 0 Å². The Labute approximate surface area is 98.2 Å². The minimum atomic E-state index is -0.603. The normalized spacial score (nSPS) is 24.8. The molecule has 2 N–H and O–H groups in total. The molecule has 0 saturated carbocycles. The zero-order chi connectivity index (χ0) is 12.0. The van der Waals surface area contributed by atoms with Gasteiger partial charge in [-0.05, 0) is 38.5 Å². The van der Waals surface area contributed by atoms with Crippen LogP contribution in [0.5, 0.6) is 0 Å². The van der Waals surface area contributed by atoms with Crippen LogP contribution in [0.15, 0.2) is 17.4 Å². The molecule has 0 spiro atoms. The fourth-order valence-electron chi connectivity index (χ4n) is 1.81. The molecule has 3 nitrogen and oxygen atoms in total. The molecule has 1 aliphatic heterocycles. The molecule has 3 atom stereocenters. The third kappa shape index (κ3) is 4.11. The minimum Gasteiger partial charge on any atom is -0.366 e. The number of rotatable bonds is 7. The Kier molecular flexibility index (Phi) is 5.78. The highest BCUT2D eigenvalue weighted by Gasteiger charge is 2.43. The molecular formula is C13H23NO2. The second kappa shape index (κ2) is 6.87. The molecule has 1 aliphatic rings. The number of likely N-dealkylation sites (N-methyl/N-ethyl adjacent to an activating group) is 1. The van der Waals surface area contributed by atoms with Gasteiger partial charge in [0.05, 0.1) is 6.04 Å². The first kappa shape index (κ1) is 13.5. The maximum absolute atomic E-state index is 9.20. The van der Waals surface area contributed by atoms with Gasteiger partial charge in [-0.2, -0.15) is 0 Å². The van der Waals surface area contributed by atoms with Gasteiger partial charge in [-0.3, -0.25) is 0 Å². The molecule has 0 aliphatic carbocycles. The Hall–Kier alpha value is -0.600. The standard InChI is InChI=1S/C13H23NO2/c1-4-5-6-7-8-9-10(2)11(14-3)12-13(15)16-12/h8,11-15H,4-7H2,1-3H3/t9?,11-,12?,13?/m1/s1. The predicted octanol–water partition coefficient (Wildman–Crippen LogP) is 1.97. The van der Waals surface area contributed by atoms with E-state index in [9.17, 15) is 5.11 Å². The molecule has 0 aromatic rings. The van der Waals surface area contributed by atoms with Crippen molar-refractivity contribution >= 4 is 0 Å². The largest absolute Gasteiger partial charge is 0.366 e. The Morgan fingerprint density at radius 3 is 2.75 bits per heavy atom. The van der Waals surface area contributed by atoms with Crippen LogP contribution in [0.1, 0.15) is 39.5 Å². The maximum atomic E-state index is 9.20. The van der Waals surface area contributed by atoms with Gasteiger partial charge in [0.1, 0.15) is 6.10 Å². The zero-order valence-corrected chi connectivity index (χ0v) is 10.5. The van der Waals surface area contributed by atoms with E-state index in [4.69, 9.17) is 4.74 Å². The van der Waals surface area contributed by atoms with Crippen LogP contribution in [0, 0.1) is 0 Å². The summed E-state index contributed by atoms with van der Waals surface area (Å²) < 4.78 is 5.05. The minimum absolute atomic E-state index is 0.0809. The predicted molar refractivity (Wildman–Crippen MR) is 65.1 cm³/mol. The van der Waals surface area contributed by atoms with Crippen LogP contribution >= 0.6 is 0 Å². The molecule has 1 heterocycles. The van der Waals surface area contributed by atoms with Crippen molar-refractivity contribution < 1.29 is 9.84 Å². The summed E-state index contributed by atoms with van der Waals surface area (Å²) in [7, 11) is 1.88. The number of unbranched alkanes of at least 4 members (excludes halogenated alkanes) is 3.